The standard InChI is InChI=1S/C31H28F2N6O5S/c1-31(2,3)39-26-12-9-20(17-38(26)27(28(39)36-30(40)41)19-7-5-18(15-34)6-8-19)21-13-24(29(44-4)35-16-21)37-45(42,43)25-11-10-22(32)14-23(25)33/h5-14,16,36-37H,17H2,1-4H3,(H,40,41). The van der Waals surface area contributed by atoms with Crippen molar-refractivity contribution in [3.05, 3.63) is 107 Å². The molecule has 14 heteroatoms. The van der Waals surface area contributed by atoms with Gasteiger partial charge < -0.3 is 19.6 Å². The summed E-state index contributed by atoms with van der Waals surface area (Å²) in [5.74, 6) is -1.26. The Balaban J connectivity index is 1.58. The summed E-state index contributed by atoms with van der Waals surface area (Å²) in [6.45, 7) is 6.02. The normalized spacial score (nSPS) is 14.8. The Labute approximate surface area is 258 Å². The van der Waals surface area contributed by atoms with Crippen molar-refractivity contribution >= 4 is 33.1 Å². The highest BCUT2D eigenvalue weighted by Crippen LogP contribution is 2.44. The van der Waals surface area contributed by atoms with Crippen molar-refractivity contribution in [1.82, 2.24) is 20.1 Å². The molecule has 0 saturated carbocycles. The fourth-order valence-corrected chi connectivity index (χ4v) is 6.25. The summed E-state index contributed by atoms with van der Waals surface area (Å²) in [6, 6.07) is 12.4. The second-order valence-corrected chi connectivity index (χ2v) is 12.7. The zero-order valence-corrected chi connectivity index (χ0v) is 25.4. The quantitative estimate of drug-likeness (QED) is 0.315. The molecule has 2 aromatic carbocycles. The molecule has 2 aliphatic heterocycles. The van der Waals surface area contributed by atoms with E-state index in [9.17, 15) is 32.4 Å². The van der Waals surface area contributed by atoms with E-state index in [1.165, 1.54) is 19.4 Å². The van der Waals surface area contributed by atoms with Gasteiger partial charge in [-0.1, -0.05) is 18.2 Å². The SMILES string of the molecule is COc1ncc(C2=CC=C3N(C2)C(c2ccc(C#N)cc2)=C(NC(=O)O)N3C(C)(C)C)cc1NS(=O)(=O)c1ccc(F)cc1F. The zero-order valence-electron chi connectivity index (χ0n) is 24.6. The summed E-state index contributed by atoms with van der Waals surface area (Å²) in [7, 11) is -3.21. The molecule has 11 nitrogen and oxygen atoms in total. The minimum atomic E-state index is -4.50. The lowest BCUT2D eigenvalue weighted by molar-refractivity contribution is 0.179. The maximum absolute atomic E-state index is 14.4. The first-order valence-corrected chi connectivity index (χ1v) is 15.0. The van der Waals surface area contributed by atoms with Gasteiger partial charge in [0.2, 0.25) is 5.88 Å². The largest absolute Gasteiger partial charge is 0.480 e. The first kappa shape index (κ1) is 31.0. The monoisotopic (exact) mass is 634 g/mol. The van der Waals surface area contributed by atoms with Crippen LogP contribution in [0.25, 0.3) is 11.3 Å². The Morgan fingerprint density at radius 3 is 2.40 bits per heavy atom. The van der Waals surface area contributed by atoms with Gasteiger partial charge in [-0.05, 0) is 62.8 Å². The van der Waals surface area contributed by atoms with Gasteiger partial charge in [0.25, 0.3) is 10.0 Å². The van der Waals surface area contributed by atoms with Crippen LogP contribution in [0.2, 0.25) is 0 Å². The fraction of sp³-hybridized carbons (Fsp3) is 0.194. The third kappa shape index (κ3) is 6.02. The molecule has 0 bridgehead atoms. The lowest BCUT2D eigenvalue weighted by Gasteiger charge is -2.38. The first-order chi connectivity index (χ1) is 21.2. The second kappa shape index (κ2) is 11.6. The lowest BCUT2D eigenvalue weighted by Crippen LogP contribution is -2.44. The summed E-state index contributed by atoms with van der Waals surface area (Å²) in [4.78, 5) is 19.2. The molecular weight excluding hydrogens is 606 g/mol. The van der Waals surface area contributed by atoms with E-state index in [4.69, 9.17) is 4.74 Å². The van der Waals surface area contributed by atoms with Crippen LogP contribution in [-0.2, 0) is 10.0 Å². The molecule has 1 aromatic heterocycles. The van der Waals surface area contributed by atoms with Gasteiger partial charge >= 0.3 is 6.09 Å². The summed E-state index contributed by atoms with van der Waals surface area (Å²) < 4.78 is 61.5. The van der Waals surface area contributed by atoms with Crippen LogP contribution in [-0.4, -0.2) is 53.6 Å². The number of amides is 1. The first-order valence-electron chi connectivity index (χ1n) is 13.5. The number of rotatable bonds is 7. The van der Waals surface area contributed by atoms with Gasteiger partial charge in [0.15, 0.2) is 0 Å². The maximum atomic E-state index is 14.4. The van der Waals surface area contributed by atoms with Crippen LogP contribution in [0, 0.1) is 23.0 Å². The van der Waals surface area contributed by atoms with Crippen molar-refractivity contribution in [2.45, 2.75) is 31.2 Å². The van der Waals surface area contributed by atoms with Crippen LogP contribution in [0.15, 0.2) is 83.4 Å². The van der Waals surface area contributed by atoms with Crippen LogP contribution >= 0.6 is 0 Å². The zero-order chi connectivity index (χ0) is 32.7. The predicted octanol–water partition coefficient (Wildman–Crippen LogP) is 5.29. The van der Waals surface area contributed by atoms with Crippen LogP contribution in [0.4, 0.5) is 19.3 Å². The van der Waals surface area contributed by atoms with E-state index in [2.05, 4.69) is 21.1 Å². The van der Waals surface area contributed by atoms with Crippen molar-refractivity contribution < 1.29 is 31.8 Å². The number of halogens is 2. The van der Waals surface area contributed by atoms with Crippen LogP contribution in [0.5, 0.6) is 5.88 Å². The van der Waals surface area contributed by atoms with Crippen molar-refractivity contribution in [1.29, 1.82) is 5.26 Å². The number of nitrogens with one attached hydrogen (secondary N) is 2. The lowest BCUT2D eigenvalue weighted by atomic mass is 10.0. The topological polar surface area (TPSA) is 148 Å². The Morgan fingerprint density at radius 1 is 1.09 bits per heavy atom. The Bertz CT molecular complexity index is 1940. The molecule has 0 atom stereocenters. The third-order valence-corrected chi connectivity index (χ3v) is 8.41. The number of aromatic nitrogens is 1. The summed E-state index contributed by atoms with van der Waals surface area (Å²) in [6.07, 6.45) is 3.85. The van der Waals surface area contributed by atoms with Crippen LogP contribution < -0.4 is 14.8 Å². The van der Waals surface area contributed by atoms with Gasteiger partial charge in [-0.2, -0.15) is 5.26 Å². The van der Waals surface area contributed by atoms with E-state index in [0.29, 0.717) is 45.7 Å². The van der Waals surface area contributed by atoms with E-state index in [1.54, 1.807) is 24.3 Å². The minimum Gasteiger partial charge on any atom is -0.480 e. The molecule has 2 aliphatic rings. The molecule has 0 unspecified atom stereocenters. The number of ether oxygens (including phenoxy) is 1. The number of benzene rings is 2. The second-order valence-electron chi connectivity index (χ2n) is 11.1. The van der Waals surface area contributed by atoms with E-state index < -0.39 is 38.2 Å². The number of hydrogen-bond acceptors (Lipinski definition) is 8. The molecule has 45 heavy (non-hydrogen) atoms. The van der Waals surface area contributed by atoms with Gasteiger partial charge in [-0.25, -0.2) is 27.0 Å². The molecule has 0 saturated heterocycles. The number of hydrogen-bond donors (Lipinski definition) is 3. The Kier molecular flexibility index (Phi) is 7.99. The molecule has 3 N–H and O–H groups in total. The molecule has 5 rings (SSSR count). The van der Waals surface area contributed by atoms with Crippen LogP contribution in [0.1, 0.15) is 37.5 Å². The molecule has 0 radical (unpaired) electrons. The van der Waals surface area contributed by atoms with Crippen molar-refractivity contribution in [2.24, 2.45) is 0 Å². The van der Waals surface area contributed by atoms with Crippen molar-refractivity contribution in [3.8, 4) is 11.9 Å². The molecular formula is C31H28F2N6O5S. The minimum absolute atomic E-state index is 0.0799. The Morgan fingerprint density at radius 2 is 1.80 bits per heavy atom. The average Bonchev–Trinajstić information content (AvgIpc) is 3.29. The smallest absolute Gasteiger partial charge is 0.410 e. The average molecular weight is 635 g/mol. The highest BCUT2D eigenvalue weighted by atomic mass is 32.2. The molecule has 1 amide bonds. The number of sulfonamides is 1. The number of carboxylic acid groups (broad SMARTS) is 1. The predicted molar refractivity (Wildman–Crippen MR) is 162 cm³/mol. The van der Waals surface area contributed by atoms with Gasteiger partial charge in [-0.3, -0.25) is 10.0 Å². The van der Waals surface area contributed by atoms with Gasteiger partial charge in [0, 0.05) is 28.9 Å². The number of nitrogens with zero attached hydrogens (tertiary/aromatic N) is 4. The summed E-state index contributed by atoms with van der Waals surface area (Å²) >= 11 is 0. The number of allylic oxidation sites excluding steroid dienone is 2. The number of nitriles is 1. The molecule has 0 aliphatic carbocycles. The van der Waals surface area contributed by atoms with E-state index in [1.807, 2.05) is 42.7 Å². The number of anilines is 1. The number of fused-ring (bicyclic) bond motifs is 1. The number of methoxy groups -OCH3 is 1. The Hall–Kier alpha value is -5.42. The van der Waals surface area contributed by atoms with Crippen LogP contribution in [0.3, 0.4) is 0 Å². The number of carbonyl (C=O) groups is 1. The third-order valence-electron chi connectivity index (χ3n) is 7.01. The summed E-state index contributed by atoms with van der Waals surface area (Å²) in [5.41, 5.74) is 2.16. The fourth-order valence-electron chi connectivity index (χ4n) is 5.14. The van der Waals surface area contributed by atoms with Gasteiger partial charge in [-0.15, -0.1) is 0 Å². The number of pyridine rings is 1. The maximum Gasteiger partial charge on any atom is 0.410 e. The molecule has 232 valence electrons. The van der Waals surface area contributed by atoms with Crippen molar-refractivity contribution in [3.63, 3.8) is 0 Å². The van der Waals surface area contributed by atoms with E-state index in [-0.39, 0.29) is 18.1 Å². The highest BCUT2D eigenvalue weighted by Gasteiger charge is 2.42. The summed E-state index contributed by atoms with van der Waals surface area (Å²) in [5, 5.41) is 21.6. The van der Waals surface area contributed by atoms with Crippen molar-refractivity contribution in [2.75, 3.05) is 18.4 Å². The molecule has 3 aromatic rings. The molecule has 3 heterocycles. The van der Waals surface area contributed by atoms with Gasteiger partial charge in [0.05, 0.1) is 31.0 Å². The van der Waals surface area contributed by atoms with Gasteiger partial charge in [0.1, 0.15) is 33.9 Å². The molecule has 0 fully saturated rings. The highest BCUT2D eigenvalue weighted by molar-refractivity contribution is 7.92. The van der Waals surface area contributed by atoms with E-state index >= 15 is 0 Å². The van der Waals surface area contributed by atoms with E-state index in [0.717, 1.165) is 12.1 Å². The molecule has 0 spiro atoms.